The summed E-state index contributed by atoms with van der Waals surface area (Å²) >= 11 is 5.97. The van der Waals surface area contributed by atoms with Gasteiger partial charge in [0, 0.05) is 25.2 Å². The van der Waals surface area contributed by atoms with Gasteiger partial charge in [0.1, 0.15) is 11.0 Å². The summed E-state index contributed by atoms with van der Waals surface area (Å²) in [4.78, 5) is 16.8. The molecule has 1 aromatic carbocycles. The highest BCUT2D eigenvalue weighted by Crippen LogP contribution is 2.24. The van der Waals surface area contributed by atoms with Gasteiger partial charge in [-0.2, -0.15) is 0 Å². The molecule has 2 rings (SSSR count). The summed E-state index contributed by atoms with van der Waals surface area (Å²) in [5.74, 6) is 0.847. The zero-order chi connectivity index (χ0) is 15.6. The fourth-order valence-electron chi connectivity index (χ4n) is 2.08. The third-order valence-corrected chi connectivity index (χ3v) is 3.99. The first-order valence-corrected chi connectivity index (χ1v) is 6.88. The van der Waals surface area contributed by atoms with Crippen molar-refractivity contribution in [3.63, 3.8) is 0 Å². The van der Waals surface area contributed by atoms with E-state index in [1.165, 1.54) is 6.07 Å². The smallest absolute Gasteiger partial charge is 0.269 e. The first-order valence-electron chi connectivity index (χ1n) is 6.51. The van der Waals surface area contributed by atoms with Crippen molar-refractivity contribution in [2.75, 3.05) is 7.05 Å². The first-order chi connectivity index (χ1) is 9.90. The van der Waals surface area contributed by atoms with Crippen molar-refractivity contribution in [1.29, 1.82) is 0 Å². The highest BCUT2D eigenvalue weighted by atomic mass is 35.5. The zero-order valence-corrected chi connectivity index (χ0v) is 12.9. The summed E-state index contributed by atoms with van der Waals surface area (Å²) in [6, 6.07) is 6.72. The van der Waals surface area contributed by atoms with E-state index in [0.717, 1.165) is 11.4 Å². The molecule has 0 radical (unpaired) electrons. The lowest BCUT2D eigenvalue weighted by Crippen LogP contribution is -2.23. The van der Waals surface area contributed by atoms with Crippen LogP contribution in [0.2, 0.25) is 5.15 Å². The van der Waals surface area contributed by atoms with Gasteiger partial charge in [-0.25, -0.2) is 4.98 Å². The number of aromatic nitrogens is 2. The largest absolute Gasteiger partial charge is 0.321 e. The predicted octanol–water partition coefficient (Wildman–Crippen LogP) is 3.17. The average molecular weight is 309 g/mol. The molecule has 112 valence electrons. The summed E-state index contributed by atoms with van der Waals surface area (Å²) in [7, 11) is 3.81. The Morgan fingerprint density at radius 1 is 1.52 bits per heavy atom. The van der Waals surface area contributed by atoms with Crippen molar-refractivity contribution in [3.8, 4) is 0 Å². The molecule has 0 unspecified atom stereocenters. The average Bonchev–Trinajstić information content (AvgIpc) is 2.78. The van der Waals surface area contributed by atoms with E-state index in [9.17, 15) is 10.1 Å². The number of non-ortho nitro benzene ring substituents is 1. The lowest BCUT2D eigenvalue weighted by Gasteiger charge is -2.24. The number of rotatable bonds is 5. The number of hydrogen-bond acceptors (Lipinski definition) is 4. The lowest BCUT2D eigenvalue weighted by atomic mass is 10.1. The second-order valence-electron chi connectivity index (χ2n) is 5.00. The van der Waals surface area contributed by atoms with Crippen LogP contribution in [0.15, 0.2) is 30.5 Å². The van der Waals surface area contributed by atoms with Gasteiger partial charge in [0.15, 0.2) is 0 Å². The molecule has 0 spiro atoms. The molecule has 0 bridgehead atoms. The molecule has 0 fully saturated rings. The molecule has 2 aromatic rings. The summed E-state index contributed by atoms with van der Waals surface area (Å²) in [6.07, 6.45) is 1.61. The van der Waals surface area contributed by atoms with Crippen LogP contribution < -0.4 is 0 Å². The van der Waals surface area contributed by atoms with Gasteiger partial charge in [0.25, 0.3) is 5.69 Å². The van der Waals surface area contributed by atoms with Gasteiger partial charge in [-0.05, 0) is 19.5 Å². The molecule has 0 saturated heterocycles. The molecule has 0 aliphatic rings. The Balaban J connectivity index is 2.15. The third kappa shape index (κ3) is 3.40. The van der Waals surface area contributed by atoms with E-state index in [4.69, 9.17) is 11.6 Å². The molecule has 1 heterocycles. The van der Waals surface area contributed by atoms with Crippen LogP contribution in [0.5, 0.6) is 0 Å². The Morgan fingerprint density at radius 3 is 2.81 bits per heavy atom. The van der Waals surface area contributed by atoms with Crippen molar-refractivity contribution in [2.45, 2.75) is 19.5 Å². The lowest BCUT2D eigenvalue weighted by molar-refractivity contribution is -0.384. The van der Waals surface area contributed by atoms with E-state index >= 15 is 0 Å². The second kappa shape index (κ2) is 6.24. The van der Waals surface area contributed by atoms with Gasteiger partial charge in [0.2, 0.25) is 0 Å². The van der Waals surface area contributed by atoms with E-state index in [2.05, 4.69) is 9.88 Å². The van der Waals surface area contributed by atoms with Gasteiger partial charge in [-0.3, -0.25) is 15.0 Å². The maximum absolute atomic E-state index is 10.8. The van der Waals surface area contributed by atoms with Crippen LogP contribution in [0.4, 0.5) is 5.69 Å². The highest BCUT2D eigenvalue weighted by Gasteiger charge is 2.17. The quantitative estimate of drug-likeness (QED) is 0.628. The molecule has 0 aliphatic heterocycles. The number of hydrogen-bond donors (Lipinski definition) is 0. The van der Waals surface area contributed by atoms with Crippen LogP contribution in [0.25, 0.3) is 0 Å². The Kier molecular flexibility index (Phi) is 4.59. The number of halogens is 1. The minimum Gasteiger partial charge on any atom is -0.321 e. The number of nitro benzene ring substituents is 1. The molecule has 7 heteroatoms. The van der Waals surface area contributed by atoms with Crippen molar-refractivity contribution in [1.82, 2.24) is 14.5 Å². The normalized spacial score (nSPS) is 12.6. The minimum absolute atomic E-state index is 0.0281. The van der Waals surface area contributed by atoms with Crippen molar-refractivity contribution in [3.05, 3.63) is 57.1 Å². The molecular formula is C14H17ClN4O2. The summed E-state index contributed by atoms with van der Waals surface area (Å²) in [6.45, 7) is 2.61. The van der Waals surface area contributed by atoms with Crippen LogP contribution in [-0.4, -0.2) is 26.4 Å². The molecule has 21 heavy (non-hydrogen) atoms. The van der Waals surface area contributed by atoms with Crippen LogP contribution in [0.3, 0.4) is 0 Å². The number of benzene rings is 1. The van der Waals surface area contributed by atoms with Crippen LogP contribution >= 0.6 is 11.6 Å². The standard InChI is InChI=1S/C14H17ClN4O2/c1-10(11-5-4-6-12(7-11)19(20)21)17(2)9-14-16-8-13(15)18(14)3/h4-8,10H,9H2,1-3H3/t10-/m1/s1. The van der Waals surface area contributed by atoms with Crippen LogP contribution in [-0.2, 0) is 13.6 Å². The molecule has 0 N–H and O–H groups in total. The molecule has 0 saturated carbocycles. The Labute approximate surface area is 128 Å². The molecule has 1 aromatic heterocycles. The second-order valence-corrected chi connectivity index (χ2v) is 5.39. The van der Waals surface area contributed by atoms with Gasteiger partial charge >= 0.3 is 0 Å². The molecule has 0 amide bonds. The van der Waals surface area contributed by atoms with E-state index in [1.54, 1.807) is 18.3 Å². The van der Waals surface area contributed by atoms with Crippen LogP contribution in [0.1, 0.15) is 24.4 Å². The Bertz CT molecular complexity index is 656. The SMILES string of the molecule is C[C@H](c1cccc([N+](=O)[O-])c1)N(C)Cc1ncc(Cl)n1C. The summed E-state index contributed by atoms with van der Waals surface area (Å²) < 4.78 is 1.82. The monoisotopic (exact) mass is 308 g/mol. The van der Waals surface area contributed by atoms with E-state index in [0.29, 0.717) is 11.7 Å². The van der Waals surface area contributed by atoms with Gasteiger partial charge in [-0.1, -0.05) is 23.7 Å². The topological polar surface area (TPSA) is 64.2 Å². The van der Waals surface area contributed by atoms with Gasteiger partial charge < -0.3 is 4.57 Å². The van der Waals surface area contributed by atoms with Crippen molar-refractivity contribution < 1.29 is 4.92 Å². The van der Waals surface area contributed by atoms with E-state index in [-0.39, 0.29) is 16.7 Å². The zero-order valence-electron chi connectivity index (χ0n) is 12.2. The maximum atomic E-state index is 10.8. The number of imidazole rings is 1. The van der Waals surface area contributed by atoms with Gasteiger partial charge in [0.05, 0.1) is 17.7 Å². The minimum atomic E-state index is -0.380. The fraction of sp³-hybridized carbons (Fsp3) is 0.357. The van der Waals surface area contributed by atoms with E-state index in [1.807, 2.05) is 31.7 Å². The Morgan fingerprint density at radius 2 is 2.24 bits per heavy atom. The Hall–Kier alpha value is -1.92. The first kappa shape index (κ1) is 15.5. The summed E-state index contributed by atoms with van der Waals surface area (Å²) in [5.41, 5.74) is 1.000. The molecule has 1 atom stereocenters. The number of nitrogens with zero attached hydrogens (tertiary/aromatic N) is 4. The third-order valence-electron chi connectivity index (χ3n) is 3.64. The van der Waals surface area contributed by atoms with E-state index < -0.39 is 0 Å². The van der Waals surface area contributed by atoms with Gasteiger partial charge in [-0.15, -0.1) is 0 Å². The van der Waals surface area contributed by atoms with Crippen molar-refractivity contribution in [2.24, 2.45) is 7.05 Å². The highest BCUT2D eigenvalue weighted by molar-refractivity contribution is 6.29. The predicted molar refractivity (Wildman–Crippen MR) is 81.2 cm³/mol. The summed E-state index contributed by atoms with van der Waals surface area (Å²) in [5, 5.41) is 11.4. The molecule has 6 nitrogen and oxygen atoms in total. The van der Waals surface area contributed by atoms with Crippen molar-refractivity contribution >= 4 is 17.3 Å². The van der Waals surface area contributed by atoms with Crippen LogP contribution in [0, 0.1) is 10.1 Å². The fourth-order valence-corrected chi connectivity index (χ4v) is 2.23. The number of nitro groups is 1. The molecular weight excluding hydrogens is 292 g/mol. The maximum Gasteiger partial charge on any atom is 0.269 e. The molecule has 0 aliphatic carbocycles.